The number of ether oxygens (including phenoxy) is 1. The Balaban J connectivity index is 1.46. The van der Waals surface area contributed by atoms with Gasteiger partial charge in [0.25, 0.3) is 5.91 Å². The van der Waals surface area contributed by atoms with Crippen molar-refractivity contribution in [1.29, 1.82) is 0 Å². The number of nitrogens with zero attached hydrogens (tertiary/aromatic N) is 4. The Morgan fingerprint density at radius 1 is 1.28 bits per heavy atom. The predicted octanol–water partition coefficient (Wildman–Crippen LogP) is 3.37. The van der Waals surface area contributed by atoms with Crippen molar-refractivity contribution in [3.63, 3.8) is 0 Å². The Morgan fingerprint density at radius 2 is 2.03 bits per heavy atom. The third kappa shape index (κ3) is 4.25. The maximum Gasteiger partial charge on any atom is 0.311 e. The number of anilines is 2. The quantitative estimate of drug-likeness (QED) is 0.444. The number of nitro groups is 1. The predicted molar refractivity (Wildman–Crippen MR) is 114 cm³/mol. The molecular weight excluding hydrogens is 441 g/mol. The standard InChI is InChI=1S/C20H16FN5O5S/c1-31-16-7-2-11(8-15(16)26(29)30)18(28)22-20-24-23-19(32-20)12-9-17(27)25(10-12)14-5-3-13(21)4-6-14/h2-8,12H,9-10H2,1H3,(H,22,24,28). The number of methoxy groups -OCH3 is 1. The molecule has 2 aromatic carbocycles. The third-order valence-corrected chi connectivity index (χ3v) is 5.91. The molecule has 1 aliphatic heterocycles. The number of hydrogen-bond acceptors (Lipinski definition) is 8. The van der Waals surface area contributed by atoms with Crippen molar-refractivity contribution in [2.24, 2.45) is 0 Å². The van der Waals surface area contributed by atoms with E-state index in [9.17, 15) is 24.1 Å². The van der Waals surface area contributed by atoms with Crippen molar-refractivity contribution in [2.75, 3.05) is 23.9 Å². The molecule has 1 unspecified atom stereocenters. The van der Waals surface area contributed by atoms with E-state index >= 15 is 0 Å². The van der Waals surface area contributed by atoms with Crippen LogP contribution in [0.25, 0.3) is 0 Å². The highest BCUT2D eigenvalue weighted by molar-refractivity contribution is 7.15. The molecule has 0 saturated carbocycles. The van der Waals surface area contributed by atoms with E-state index in [1.54, 1.807) is 4.90 Å². The lowest BCUT2D eigenvalue weighted by Gasteiger charge is -2.16. The van der Waals surface area contributed by atoms with Gasteiger partial charge in [-0.05, 0) is 36.4 Å². The minimum atomic E-state index is -0.636. The minimum Gasteiger partial charge on any atom is -0.490 e. The van der Waals surface area contributed by atoms with Crippen molar-refractivity contribution < 1.29 is 23.6 Å². The van der Waals surface area contributed by atoms with Crippen LogP contribution in [0.3, 0.4) is 0 Å². The lowest BCUT2D eigenvalue weighted by atomic mass is 10.1. The molecule has 0 aliphatic carbocycles. The zero-order valence-electron chi connectivity index (χ0n) is 16.6. The van der Waals surface area contributed by atoms with Crippen LogP contribution in [-0.4, -0.2) is 40.6 Å². The van der Waals surface area contributed by atoms with Crippen LogP contribution in [0.5, 0.6) is 5.75 Å². The highest BCUT2D eigenvalue weighted by atomic mass is 32.1. The van der Waals surface area contributed by atoms with E-state index in [-0.39, 0.29) is 46.2 Å². The number of nitro benzene ring substituents is 1. The molecule has 1 aliphatic rings. The average molecular weight is 457 g/mol. The van der Waals surface area contributed by atoms with Crippen molar-refractivity contribution >= 4 is 39.7 Å². The van der Waals surface area contributed by atoms with E-state index in [1.165, 1.54) is 43.5 Å². The van der Waals surface area contributed by atoms with Gasteiger partial charge in [-0.1, -0.05) is 11.3 Å². The topological polar surface area (TPSA) is 128 Å². The number of carbonyl (C=O) groups is 2. The number of benzene rings is 2. The van der Waals surface area contributed by atoms with Crippen molar-refractivity contribution in [3.8, 4) is 5.75 Å². The molecule has 0 spiro atoms. The summed E-state index contributed by atoms with van der Waals surface area (Å²) in [5.41, 5.74) is 0.328. The molecule has 2 heterocycles. The minimum absolute atomic E-state index is 0.0429. The summed E-state index contributed by atoms with van der Waals surface area (Å²) in [6.07, 6.45) is 0.213. The Kier molecular flexibility index (Phi) is 5.77. The molecule has 10 nitrogen and oxygen atoms in total. The summed E-state index contributed by atoms with van der Waals surface area (Å²) in [5, 5.41) is 22.5. The van der Waals surface area contributed by atoms with E-state index in [4.69, 9.17) is 4.74 Å². The fourth-order valence-corrected chi connectivity index (χ4v) is 4.17. The second kappa shape index (κ2) is 8.67. The summed E-state index contributed by atoms with van der Waals surface area (Å²) < 4.78 is 18.1. The molecule has 3 aromatic rings. The number of nitrogens with one attached hydrogen (secondary N) is 1. The van der Waals surface area contributed by atoms with Gasteiger partial charge in [0.2, 0.25) is 11.0 Å². The van der Waals surface area contributed by atoms with Crippen LogP contribution >= 0.6 is 11.3 Å². The first kappa shape index (κ1) is 21.3. The summed E-state index contributed by atoms with van der Waals surface area (Å²) in [5.74, 6) is -1.27. The zero-order chi connectivity index (χ0) is 22.8. The van der Waals surface area contributed by atoms with E-state index < -0.39 is 10.8 Å². The fourth-order valence-electron chi connectivity index (χ4n) is 3.34. The van der Waals surface area contributed by atoms with Gasteiger partial charge in [0.15, 0.2) is 5.75 Å². The molecule has 32 heavy (non-hydrogen) atoms. The van der Waals surface area contributed by atoms with Gasteiger partial charge in [-0.25, -0.2) is 4.39 Å². The van der Waals surface area contributed by atoms with Crippen molar-refractivity contribution in [3.05, 3.63) is 69.0 Å². The van der Waals surface area contributed by atoms with Gasteiger partial charge in [-0.2, -0.15) is 0 Å². The number of halogens is 1. The van der Waals surface area contributed by atoms with Gasteiger partial charge >= 0.3 is 5.69 Å². The van der Waals surface area contributed by atoms with Gasteiger partial charge in [-0.3, -0.25) is 25.0 Å². The lowest BCUT2D eigenvalue weighted by molar-refractivity contribution is -0.385. The van der Waals surface area contributed by atoms with Crippen LogP contribution in [0.4, 0.5) is 20.9 Å². The van der Waals surface area contributed by atoms with Crippen LogP contribution in [0.2, 0.25) is 0 Å². The van der Waals surface area contributed by atoms with E-state index in [1.807, 2.05) is 0 Å². The van der Waals surface area contributed by atoms with Crippen LogP contribution < -0.4 is 15.0 Å². The number of rotatable bonds is 6. The Labute approximate surface area is 184 Å². The lowest BCUT2D eigenvalue weighted by Crippen LogP contribution is -2.24. The molecule has 1 N–H and O–H groups in total. The summed E-state index contributed by atoms with van der Waals surface area (Å²) in [6, 6.07) is 9.51. The normalized spacial score (nSPS) is 15.6. The molecule has 12 heteroatoms. The summed E-state index contributed by atoms with van der Waals surface area (Å²) in [7, 11) is 1.30. The highest BCUT2D eigenvalue weighted by Crippen LogP contribution is 2.34. The molecule has 0 bridgehead atoms. The molecule has 1 fully saturated rings. The number of amides is 2. The monoisotopic (exact) mass is 457 g/mol. The number of carbonyl (C=O) groups excluding carboxylic acids is 2. The maximum atomic E-state index is 13.1. The molecule has 2 amide bonds. The van der Waals surface area contributed by atoms with Crippen molar-refractivity contribution in [1.82, 2.24) is 10.2 Å². The second-order valence-corrected chi connectivity index (χ2v) is 7.93. The van der Waals surface area contributed by atoms with E-state index in [0.717, 1.165) is 17.4 Å². The average Bonchev–Trinajstić information content (AvgIpc) is 3.40. The molecule has 0 radical (unpaired) electrons. The van der Waals surface area contributed by atoms with E-state index in [2.05, 4.69) is 15.5 Å². The summed E-state index contributed by atoms with van der Waals surface area (Å²) >= 11 is 1.12. The Hall–Kier alpha value is -3.93. The summed E-state index contributed by atoms with van der Waals surface area (Å²) in [6.45, 7) is 0.359. The molecule has 1 saturated heterocycles. The van der Waals surface area contributed by atoms with Crippen LogP contribution in [0.1, 0.15) is 27.7 Å². The molecule has 1 aromatic heterocycles. The first-order chi connectivity index (χ1) is 15.4. The van der Waals surface area contributed by atoms with Crippen molar-refractivity contribution in [2.45, 2.75) is 12.3 Å². The fraction of sp³-hybridized carbons (Fsp3) is 0.200. The maximum absolute atomic E-state index is 13.1. The summed E-state index contributed by atoms with van der Waals surface area (Å²) in [4.78, 5) is 37.0. The SMILES string of the molecule is COc1ccc(C(=O)Nc2nnc(C3CC(=O)N(c4ccc(F)cc4)C3)s2)cc1[N+](=O)[O-]. The van der Waals surface area contributed by atoms with E-state index in [0.29, 0.717) is 17.2 Å². The Bertz CT molecular complexity index is 1200. The number of aromatic nitrogens is 2. The zero-order valence-corrected chi connectivity index (χ0v) is 17.5. The van der Waals surface area contributed by atoms with Crippen LogP contribution in [-0.2, 0) is 4.79 Å². The smallest absolute Gasteiger partial charge is 0.311 e. The number of hydrogen-bond donors (Lipinski definition) is 1. The van der Waals surface area contributed by atoms with Crippen LogP contribution in [0.15, 0.2) is 42.5 Å². The first-order valence-corrected chi connectivity index (χ1v) is 10.2. The molecule has 164 valence electrons. The molecule has 1 atom stereocenters. The molecule has 4 rings (SSSR count). The van der Waals surface area contributed by atoms with Gasteiger partial charge in [-0.15, -0.1) is 10.2 Å². The first-order valence-electron chi connectivity index (χ1n) is 9.39. The highest BCUT2D eigenvalue weighted by Gasteiger charge is 2.34. The van der Waals surface area contributed by atoms with Gasteiger partial charge in [0, 0.05) is 36.2 Å². The second-order valence-electron chi connectivity index (χ2n) is 6.93. The van der Waals surface area contributed by atoms with Gasteiger partial charge < -0.3 is 9.64 Å². The Morgan fingerprint density at radius 3 is 2.72 bits per heavy atom. The third-order valence-electron chi connectivity index (χ3n) is 4.91. The van der Waals surface area contributed by atoms with Crippen LogP contribution in [0, 0.1) is 15.9 Å². The van der Waals surface area contributed by atoms with Gasteiger partial charge in [0.05, 0.1) is 12.0 Å². The van der Waals surface area contributed by atoms with Gasteiger partial charge in [0.1, 0.15) is 10.8 Å². The largest absolute Gasteiger partial charge is 0.490 e. The molecular formula is C20H16FN5O5S.